The number of hydrogen-bond acceptors (Lipinski definition) is 16. The highest BCUT2D eigenvalue weighted by Gasteiger charge is 2.71. The molecule has 0 bridgehead atoms. The van der Waals surface area contributed by atoms with Crippen molar-refractivity contribution in [3.05, 3.63) is 11.6 Å². The van der Waals surface area contributed by atoms with Crippen LogP contribution in [0.25, 0.3) is 0 Å². The second kappa shape index (κ2) is 16.9. The first-order valence-corrected chi connectivity index (χ1v) is 23.7. The SMILES string of the molecule is C[C@H]1O[C@@H](O[C@@H]2[C@@H](O[C@@H]3[C@H](O[C@@H]4CC[C@@]5(C)[C@H](CC[C@]6(C)[C@@H]5CC=C5[C@@H]7[C@@](C(=O)O)(CC[C@H](C)[C@@]7(C)O)CC[C@@]56C)C4(C)C)OC[C@H](O)[C@@H]3O)O[C@@H](CO)[C@H](O)[C@H]2O)[C@H](O)[C@H](O)[C@@H]1O. The maximum atomic E-state index is 13.2. The minimum atomic E-state index is -1.80. The van der Waals surface area contributed by atoms with Gasteiger partial charge in [-0.3, -0.25) is 4.79 Å². The van der Waals surface area contributed by atoms with Crippen molar-refractivity contribution in [2.24, 2.45) is 50.7 Å². The number of aliphatic carboxylic acids is 1. The molecule has 0 amide bonds. The molecule has 17 heteroatoms. The molecule has 4 saturated carbocycles. The molecule has 0 aromatic carbocycles. The van der Waals surface area contributed by atoms with Gasteiger partial charge in [0.05, 0.1) is 36.4 Å². The molecular weight excluding hydrogens is 837 g/mol. The average Bonchev–Trinajstić information content (AvgIpc) is 3.23. The molecule has 0 unspecified atom stereocenters. The van der Waals surface area contributed by atoms with Crippen LogP contribution in [-0.4, -0.2) is 168 Å². The predicted molar refractivity (Wildman–Crippen MR) is 225 cm³/mol. The maximum Gasteiger partial charge on any atom is 0.310 e. The molecule has 5 aliphatic carbocycles. The molecule has 3 heterocycles. The van der Waals surface area contributed by atoms with E-state index in [2.05, 4.69) is 40.7 Å². The Balaban J connectivity index is 1.04. The van der Waals surface area contributed by atoms with Crippen LogP contribution in [0.15, 0.2) is 11.6 Å². The lowest BCUT2D eigenvalue weighted by molar-refractivity contribution is -0.392. The van der Waals surface area contributed by atoms with Gasteiger partial charge in [0.2, 0.25) is 0 Å². The van der Waals surface area contributed by atoms with Crippen molar-refractivity contribution in [3.63, 3.8) is 0 Å². The van der Waals surface area contributed by atoms with Crippen LogP contribution >= 0.6 is 0 Å². The third-order valence-corrected chi connectivity index (χ3v) is 19.4. The molecule has 8 rings (SSSR count). The van der Waals surface area contributed by atoms with Gasteiger partial charge in [0.25, 0.3) is 0 Å². The van der Waals surface area contributed by atoms with Gasteiger partial charge in [-0.2, -0.15) is 0 Å². The lowest BCUT2D eigenvalue weighted by atomic mass is 9.33. The topological polar surface area (TPSA) is 275 Å². The van der Waals surface area contributed by atoms with Crippen LogP contribution in [0.1, 0.15) is 113 Å². The molecule has 64 heavy (non-hydrogen) atoms. The first kappa shape index (κ1) is 49.0. The van der Waals surface area contributed by atoms with Crippen LogP contribution < -0.4 is 0 Å². The van der Waals surface area contributed by atoms with Crippen LogP contribution in [0.4, 0.5) is 0 Å². The summed E-state index contributed by atoms with van der Waals surface area (Å²) in [5.74, 6) is -0.871. The van der Waals surface area contributed by atoms with Crippen LogP contribution in [0.3, 0.4) is 0 Å². The Kier molecular flexibility index (Phi) is 13.0. The zero-order valence-corrected chi connectivity index (χ0v) is 38.7. The van der Waals surface area contributed by atoms with Crippen molar-refractivity contribution in [1.82, 2.24) is 0 Å². The summed E-state index contributed by atoms with van der Waals surface area (Å²) in [4.78, 5) is 13.2. The fraction of sp³-hybridized carbons (Fsp3) is 0.936. The van der Waals surface area contributed by atoms with E-state index >= 15 is 0 Å². The molecule has 366 valence electrons. The zero-order valence-electron chi connectivity index (χ0n) is 38.7. The Morgan fingerprint density at radius 2 is 1.39 bits per heavy atom. The molecule has 0 radical (unpaired) electrons. The van der Waals surface area contributed by atoms with Crippen LogP contribution in [0.2, 0.25) is 0 Å². The number of rotatable bonds is 8. The third-order valence-electron chi connectivity index (χ3n) is 19.4. The Morgan fingerprint density at radius 1 is 0.719 bits per heavy atom. The number of aliphatic hydroxyl groups is 9. The van der Waals surface area contributed by atoms with E-state index in [1.807, 2.05) is 13.8 Å². The minimum Gasteiger partial charge on any atom is -0.481 e. The molecular formula is C47H76O17. The van der Waals surface area contributed by atoms with E-state index in [9.17, 15) is 55.9 Å². The van der Waals surface area contributed by atoms with E-state index in [4.69, 9.17) is 28.4 Å². The van der Waals surface area contributed by atoms with Gasteiger partial charge in [0.1, 0.15) is 61.0 Å². The average molecular weight is 913 g/mol. The molecule has 24 atom stereocenters. The summed E-state index contributed by atoms with van der Waals surface area (Å²) in [5, 5.41) is 109. The molecule has 10 N–H and O–H groups in total. The number of aliphatic hydroxyl groups excluding tert-OH is 8. The fourth-order valence-electron chi connectivity index (χ4n) is 15.0. The summed E-state index contributed by atoms with van der Waals surface area (Å²) < 4.78 is 36.6. The number of carboxylic acids is 1. The Hall–Kier alpha value is -1.39. The van der Waals surface area contributed by atoms with Crippen molar-refractivity contribution >= 4 is 5.97 Å². The Labute approximate surface area is 376 Å². The molecule has 0 spiro atoms. The number of allylic oxidation sites excluding steroid dienone is 1. The number of carboxylic acid groups (broad SMARTS) is 1. The quantitative estimate of drug-likeness (QED) is 0.122. The number of ether oxygens (including phenoxy) is 6. The highest BCUT2D eigenvalue weighted by Crippen LogP contribution is 2.76. The monoisotopic (exact) mass is 913 g/mol. The lowest BCUT2D eigenvalue weighted by Crippen LogP contribution is -2.68. The second-order valence-electron chi connectivity index (χ2n) is 22.7. The summed E-state index contributed by atoms with van der Waals surface area (Å²) in [7, 11) is 0. The van der Waals surface area contributed by atoms with Crippen molar-refractivity contribution < 1.29 is 84.3 Å². The molecule has 8 aliphatic rings. The Bertz CT molecular complexity index is 1760. The third kappa shape index (κ3) is 7.23. The summed E-state index contributed by atoms with van der Waals surface area (Å²) in [6, 6.07) is 0. The highest BCUT2D eigenvalue weighted by atomic mass is 16.8. The molecule has 17 nitrogen and oxygen atoms in total. The molecule has 3 aliphatic heterocycles. The normalized spacial score (nSPS) is 56.1. The standard InChI is InChI=1S/C47H76O17/c1-21-11-16-47(41(56)57)18-17-44(6)23(37(47)46(21,8)58)9-10-27-43(5)14-13-28(42(3,4)26(43)12-15-45(27,44)7)62-39-35(30(51)24(49)20-59-39)64-40-36(33(54)31(52)25(19-48)61-40)63-38-34(55)32(53)29(50)22(2)60-38/h9,21-22,24-40,48-55,58H,10-20H2,1-8H3,(H,56,57)/t21-,22+,24-,25-,26+,27+,28+,29+,30-,31-,32+,33+,34+,35-,36-,37-,38-,39-,40+,43-,44-,45+,46+,47+/m0/s1. The van der Waals surface area contributed by atoms with Gasteiger partial charge in [0.15, 0.2) is 18.9 Å². The largest absolute Gasteiger partial charge is 0.481 e. The minimum absolute atomic E-state index is 0.0348. The first-order chi connectivity index (χ1) is 29.8. The van der Waals surface area contributed by atoms with E-state index in [0.29, 0.717) is 25.7 Å². The fourth-order valence-corrected chi connectivity index (χ4v) is 15.0. The smallest absolute Gasteiger partial charge is 0.310 e. The van der Waals surface area contributed by atoms with Gasteiger partial charge in [0, 0.05) is 5.92 Å². The molecule has 0 aromatic rings. The van der Waals surface area contributed by atoms with Crippen LogP contribution in [-0.2, 0) is 33.2 Å². The van der Waals surface area contributed by atoms with Gasteiger partial charge < -0.3 is 79.5 Å². The van der Waals surface area contributed by atoms with Crippen molar-refractivity contribution in [1.29, 1.82) is 0 Å². The summed E-state index contributed by atoms with van der Waals surface area (Å²) in [6.45, 7) is 15.9. The summed E-state index contributed by atoms with van der Waals surface area (Å²) in [6.07, 6.45) is -13.0. The molecule has 0 aromatic heterocycles. The van der Waals surface area contributed by atoms with Crippen molar-refractivity contribution in [3.8, 4) is 0 Å². The highest BCUT2D eigenvalue weighted by molar-refractivity contribution is 5.77. The van der Waals surface area contributed by atoms with Gasteiger partial charge in [-0.1, -0.05) is 53.2 Å². The van der Waals surface area contributed by atoms with Crippen LogP contribution in [0.5, 0.6) is 0 Å². The van der Waals surface area contributed by atoms with Gasteiger partial charge in [-0.25, -0.2) is 0 Å². The number of hydrogen-bond donors (Lipinski definition) is 10. The van der Waals surface area contributed by atoms with Gasteiger partial charge in [-0.15, -0.1) is 0 Å². The van der Waals surface area contributed by atoms with E-state index < -0.39 is 127 Å². The second-order valence-corrected chi connectivity index (χ2v) is 22.7. The number of carbonyl (C=O) groups is 1. The maximum absolute atomic E-state index is 13.2. The van der Waals surface area contributed by atoms with E-state index in [-0.39, 0.29) is 40.6 Å². The summed E-state index contributed by atoms with van der Waals surface area (Å²) in [5.41, 5.74) is -2.10. The number of fused-ring (bicyclic) bond motifs is 7. The van der Waals surface area contributed by atoms with Crippen LogP contribution in [0, 0.1) is 50.7 Å². The Morgan fingerprint density at radius 3 is 2.06 bits per heavy atom. The van der Waals surface area contributed by atoms with E-state index in [0.717, 1.165) is 37.7 Å². The van der Waals surface area contributed by atoms with Crippen molar-refractivity contribution in [2.75, 3.05) is 13.2 Å². The summed E-state index contributed by atoms with van der Waals surface area (Å²) >= 11 is 0. The first-order valence-electron chi connectivity index (χ1n) is 23.7. The molecule has 3 saturated heterocycles. The van der Waals surface area contributed by atoms with E-state index in [1.165, 1.54) is 6.92 Å². The molecule has 7 fully saturated rings. The predicted octanol–water partition coefficient (Wildman–Crippen LogP) is 1.34. The van der Waals surface area contributed by atoms with E-state index in [1.54, 1.807) is 0 Å². The van der Waals surface area contributed by atoms with Gasteiger partial charge >= 0.3 is 5.97 Å². The lowest BCUT2D eigenvalue weighted by Gasteiger charge is -2.72. The zero-order chi connectivity index (χ0) is 46.9. The van der Waals surface area contributed by atoms with Crippen molar-refractivity contribution in [2.45, 2.75) is 211 Å². The van der Waals surface area contributed by atoms with Gasteiger partial charge in [-0.05, 0) is 111 Å².